The molecule has 2 heteroatoms. The number of fused-ring (bicyclic) bond motifs is 4. The predicted molar refractivity (Wildman–Crippen MR) is 216 cm³/mol. The van der Waals surface area contributed by atoms with E-state index in [2.05, 4.69) is 156 Å². The van der Waals surface area contributed by atoms with E-state index < -0.39 is 0 Å². The summed E-state index contributed by atoms with van der Waals surface area (Å²) in [6, 6.07) is 9.72. The normalized spacial score (nSPS) is 31.4. The van der Waals surface area contributed by atoms with E-state index in [1.165, 1.54) is 38.4 Å². The van der Waals surface area contributed by atoms with Gasteiger partial charge >= 0.3 is 0 Å². The van der Waals surface area contributed by atoms with Gasteiger partial charge in [-0.3, -0.25) is 0 Å². The predicted octanol–water partition coefficient (Wildman–Crippen LogP) is 12.3. The van der Waals surface area contributed by atoms with E-state index in [1.54, 1.807) is 22.3 Å². The second kappa shape index (κ2) is 13.1. The summed E-state index contributed by atoms with van der Waals surface area (Å²) in [7, 11) is 0. The van der Waals surface area contributed by atoms with Crippen molar-refractivity contribution < 1.29 is 0 Å². The molecule has 9 aliphatic rings. The van der Waals surface area contributed by atoms with Crippen molar-refractivity contribution in [1.29, 1.82) is 0 Å². The molecule has 10 rings (SSSR count). The fraction of sp³-hybridized carbons (Fsp3) is 0.306. The van der Waals surface area contributed by atoms with Crippen LogP contribution in [0.2, 0.25) is 0 Å². The molecule has 0 aromatic heterocycles. The van der Waals surface area contributed by atoms with Gasteiger partial charge in [0.25, 0.3) is 0 Å². The van der Waals surface area contributed by atoms with Crippen LogP contribution in [0.15, 0.2) is 189 Å². The molecule has 1 nitrogen and oxygen atoms in total. The lowest BCUT2D eigenvalue weighted by atomic mass is 9.59. The summed E-state index contributed by atoms with van der Waals surface area (Å²) in [5.41, 5.74) is 15.3. The highest BCUT2D eigenvalue weighted by Crippen LogP contribution is 2.64. The summed E-state index contributed by atoms with van der Waals surface area (Å²) in [6.45, 7) is 0. The smallest absolute Gasteiger partial charge is 0.0600 e. The average molecular weight is 682 g/mol. The van der Waals surface area contributed by atoms with Gasteiger partial charge in [-0.05, 0) is 115 Å². The maximum Gasteiger partial charge on any atom is 0.0600 e. The van der Waals surface area contributed by atoms with E-state index in [0.29, 0.717) is 23.3 Å². The Hall–Kier alpha value is -4.27. The van der Waals surface area contributed by atoms with Gasteiger partial charge in [0, 0.05) is 21.8 Å². The molecule has 1 aliphatic heterocycles. The minimum absolute atomic E-state index is 0.179. The third-order valence-electron chi connectivity index (χ3n) is 12.8. The van der Waals surface area contributed by atoms with Gasteiger partial charge in [-0.2, -0.15) is 0 Å². The summed E-state index contributed by atoms with van der Waals surface area (Å²) in [5, 5.41) is 0.531. The molecular formula is C49H47NS. The number of nitrogens with zero attached hydrogens (tertiary/aromatic N) is 1. The Bertz CT molecular complexity index is 2110. The zero-order chi connectivity index (χ0) is 33.8. The second-order valence-corrected chi connectivity index (χ2v) is 16.7. The topological polar surface area (TPSA) is 3.24 Å². The van der Waals surface area contributed by atoms with Crippen molar-refractivity contribution in [3.63, 3.8) is 0 Å². The molecule has 0 amide bonds. The first-order valence-corrected chi connectivity index (χ1v) is 20.4. The monoisotopic (exact) mass is 681 g/mol. The van der Waals surface area contributed by atoms with E-state index in [1.807, 2.05) is 0 Å². The van der Waals surface area contributed by atoms with Crippen LogP contribution in [0.25, 0.3) is 5.57 Å². The lowest BCUT2D eigenvalue weighted by Crippen LogP contribution is -2.43. The maximum atomic E-state index is 2.79. The van der Waals surface area contributed by atoms with Crippen LogP contribution >= 0.6 is 11.8 Å². The average Bonchev–Trinajstić information content (AvgIpc) is 3.72. The Balaban J connectivity index is 1.06. The molecule has 51 heavy (non-hydrogen) atoms. The van der Waals surface area contributed by atoms with E-state index in [0.717, 1.165) is 64.2 Å². The summed E-state index contributed by atoms with van der Waals surface area (Å²) in [5.74, 6) is 0.425. The quantitative estimate of drug-likeness (QED) is 0.294. The standard InChI is InChI=1S/C49H47NS/c1-5-15-36(16-6-1)49(37-17-7-2-8-18-37)45-31-34(35-26-29-44-43-23-13-14-24-47(43)51-48(44)32-35)25-28-41(45)42-30-27-40(33-46(42)49)50(38-19-9-3-10-20-38)39-21-11-4-12-22-39/h1,3-5,7,9-11,13-15,17-19,21,23-30,34,38,40,48H,2,6,8,12,16,20,22,31-33H2. The molecule has 0 N–H and O–H groups in total. The summed E-state index contributed by atoms with van der Waals surface area (Å²) in [4.78, 5) is 4.24. The van der Waals surface area contributed by atoms with Crippen molar-refractivity contribution in [3.05, 3.63) is 190 Å². The molecule has 254 valence electrons. The Morgan fingerprint density at radius 1 is 0.667 bits per heavy atom. The van der Waals surface area contributed by atoms with Gasteiger partial charge in [0.2, 0.25) is 0 Å². The van der Waals surface area contributed by atoms with Crippen molar-refractivity contribution in [3.8, 4) is 0 Å². The van der Waals surface area contributed by atoms with Crippen molar-refractivity contribution in [2.24, 2.45) is 11.3 Å². The van der Waals surface area contributed by atoms with Crippen LogP contribution in [0.5, 0.6) is 0 Å². The lowest BCUT2D eigenvalue weighted by molar-refractivity contribution is 0.230. The molecule has 0 spiro atoms. The molecule has 0 fully saturated rings. The summed E-state index contributed by atoms with van der Waals surface area (Å²) >= 11 is 2.08. The van der Waals surface area contributed by atoms with Crippen molar-refractivity contribution in [2.45, 2.75) is 86.4 Å². The van der Waals surface area contributed by atoms with Gasteiger partial charge in [0.1, 0.15) is 0 Å². The van der Waals surface area contributed by atoms with Crippen LogP contribution in [0.4, 0.5) is 0 Å². The van der Waals surface area contributed by atoms with Gasteiger partial charge in [-0.1, -0.05) is 139 Å². The maximum absolute atomic E-state index is 2.79. The number of hydrogen-bond donors (Lipinski definition) is 0. The zero-order valence-electron chi connectivity index (χ0n) is 29.5. The largest absolute Gasteiger partial charge is 0.361 e. The minimum Gasteiger partial charge on any atom is -0.361 e. The Morgan fingerprint density at radius 2 is 1.53 bits per heavy atom. The van der Waals surface area contributed by atoms with E-state index in [-0.39, 0.29) is 5.41 Å². The fourth-order valence-electron chi connectivity index (χ4n) is 10.5. The first-order valence-electron chi connectivity index (χ1n) is 19.5. The highest BCUT2D eigenvalue weighted by molar-refractivity contribution is 8.00. The van der Waals surface area contributed by atoms with Crippen LogP contribution in [0.3, 0.4) is 0 Å². The number of thioether (sulfide) groups is 1. The third-order valence-corrected chi connectivity index (χ3v) is 14.1. The first-order chi connectivity index (χ1) is 25.3. The summed E-state index contributed by atoms with van der Waals surface area (Å²) in [6.07, 6.45) is 57.4. The van der Waals surface area contributed by atoms with Gasteiger partial charge in [-0.15, -0.1) is 11.8 Å². The van der Waals surface area contributed by atoms with Gasteiger partial charge < -0.3 is 4.90 Å². The van der Waals surface area contributed by atoms with Crippen molar-refractivity contribution in [2.75, 3.05) is 0 Å². The number of allylic oxidation sites excluding steroid dienone is 23. The molecule has 8 aliphatic carbocycles. The van der Waals surface area contributed by atoms with Crippen LogP contribution in [0, 0.1) is 11.3 Å². The molecule has 0 saturated heterocycles. The molecule has 0 radical (unpaired) electrons. The van der Waals surface area contributed by atoms with E-state index >= 15 is 0 Å². The highest BCUT2D eigenvalue weighted by atomic mass is 32.2. The van der Waals surface area contributed by atoms with Gasteiger partial charge in [0.05, 0.1) is 17.5 Å². The molecule has 0 saturated carbocycles. The molecule has 1 aromatic rings. The van der Waals surface area contributed by atoms with Crippen LogP contribution in [-0.4, -0.2) is 22.2 Å². The van der Waals surface area contributed by atoms with E-state index in [9.17, 15) is 0 Å². The van der Waals surface area contributed by atoms with Crippen LogP contribution in [0.1, 0.15) is 69.8 Å². The minimum atomic E-state index is -0.179. The van der Waals surface area contributed by atoms with Crippen molar-refractivity contribution >= 4 is 17.3 Å². The first kappa shape index (κ1) is 31.5. The molecule has 1 aromatic carbocycles. The Labute approximate surface area is 308 Å². The highest BCUT2D eigenvalue weighted by Gasteiger charge is 2.52. The van der Waals surface area contributed by atoms with Gasteiger partial charge in [0.15, 0.2) is 0 Å². The molecule has 1 heterocycles. The van der Waals surface area contributed by atoms with Crippen LogP contribution in [-0.2, 0) is 0 Å². The van der Waals surface area contributed by atoms with Crippen molar-refractivity contribution in [1.82, 2.24) is 4.90 Å². The molecule has 0 bridgehead atoms. The molecule has 5 atom stereocenters. The third kappa shape index (κ3) is 5.20. The van der Waals surface area contributed by atoms with E-state index in [4.69, 9.17) is 0 Å². The lowest BCUT2D eigenvalue weighted by Gasteiger charge is -2.46. The number of benzene rings is 1. The molecule has 5 unspecified atom stereocenters. The Morgan fingerprint density at radius 3 is 2.33 bits per heavy atom. The summed E-state index contributed by atoms with van der Waals surface area (Å²) < 4.78 is 0. The number of rotatable bonds is 6. The number of hydrogen-bond acceptors (Lipinski definition) is 2. The second-order valence-electron chi connectivity index (χ2n) is 15.5. The SMILES string of the molecule is C1=CCCC(N(C2C=CC=CC2)C2C=CC3=C(C2)C(C2=CCCC=C2)(C2=CC=CCC2)C2=C3C=CC(C3=CC=C4c5ccccc5SC4C3)C2)=C1. The Kier molecular flexibility index (Phi) is 8.05. The zero-order valence-corrected chi connectivity index (χ0v) is 30.3. The van der Waals surface area contributed by atoms with Crippen LogP contribution < -0.4 is 0 Å². The molecular weight excluding hydrogens is 635 g/mol. The fourth-order valence-corrected chi connectivity index (χ4v) is 11.9. The van der Waals surface area contributed by atoms with Gasteiger partial charge in [-0.25, -0.2) is 0 Å².